The van der Waals surface area contributed by atoms with E-state index < -0.39 is 0 Å². The fraction of sp³-hybridized carbons (Fsp3) is 0.688. The summed E-state index contributed by atoms with van der Waals surface area (Å²) >= 11 is 6.52. The minimum absolute atomic E-state index is 0.0167. The summed E-state index contributed by atoms with van der Waals surface area (Å²) in [6.07, 6.45) is 13.5. The summed E-state index contributed by atoms with van der Waals surface area (Å²) in [7, 11) is 0. The molecule has 1 amide bonds. The van der Waals surface area contributed by atoms with Crippen LogP contribution in [0, 0.1) is 0 Å². The van der Waals surface area contributed by atoms with Crippen LogP contribution >= 0.6 is 23.6 Å². The van der Waals surface area contributed by atoms with Crippen molar-refractivity contribution in [3.63, 3.8) is 0 Å². The van der Waals surface area contributed by atoms with E-state index >= 15 is 0 Å². The highest BCUT2D eigenvalue weighted by Gasteiger charge is 2.05. The molecule has 1 aromatic heterocycles. The zero-order chi connectivity index (χ0) is 16.0. The van der Waals surface area contributed by atoms with Gasteiger partial charge in [0.05, 0.1) is 0 Å². The van der Waals surface area contributed by atoms with Gasteiger partial charge in [0, 0.05) is 18.0 Å². The Bertz CT molecular complexity index is 421. The number of aromatic nitrogens is 1. The third kappa shape index (κ3) is 9.84. The van der Waals surface area contributed by atoms with Crippen molar-refractivity contribution in [2.24, 2.45) is 0 Å². The third-order valence-electron chi connectivity index (χ3n) is 3.41. The van der Waals surface area contributed by atoms with Crippen molar-refractivity contribution in [3.8, 4) is 0 Å². The van der Waals surface area contributed by atoms with Crippen molar-refractivity contribution in [3.05, 3.63) is 11.6 Å². The number of nitrogens with zero attached hydrogens (tertiary/aromatic N) is 1. The van der Waals surface area contributed by atoms with Gasteiger partial charge < -0.3 is 10.6 Å². The van der Waals surface area contributed by atoms with Crippen LogP contribution in [-0.4, -0.2) is 16.0 Å². The van der Waals surface area contributed by atoms with Crippen molar-refractivity contribution >= 4 is 39.7 Å². The number of rotatable bonds is 11. The van der Waals surface area contributed by atoms with Gasteiger partial charge in [0.1, 0.15) is 0 Å². The molecule has 1 aromatic rings. The number of anilines is 1. The lowest BCUT2D eigenvalue weighted by atomic mass is 10.1. The molecule has 0 saturated heterocycles. The molecule has 1 heterocycles. The molecule has 4 nitrogen and oxygen atoms in total. The van der Waals surface area contributed by atoms with Crippen LogP contribution in [0.15, 0.2) is 11.6 Å². The first-order chi connectivity index (χ1) is 10.7. The zero-order valence-corrected chi connectivity index (χ0v) is 15.0. The summed E-state index contributed by atoms with van der Waals surface area (Å²) in [4.78, 5) is 15.8. The van der Waals surface area contributed by atoms with Gasteiger partial charge in [-0.05, 0) is 18.6 Å². The molecule has 6 heteroatoms. The van der Waals surface area contributed by atoms with Crippen LogP contribution in [0.1, 0.15) is 71.1 Å². The Labute approximate surface area is 143 Å². The van der Waals surface area contributed by atoms with E-state index in [1.54, 1.807) is 6.20 Å². The van der Waals surface area contributed by atoms with Gasteiger partial charge in [-0.2, -0.15) is 0 Å². The van der Waals surface area contributed by atoms with Gasteiger partial charge in [0.15, 0.2) is 10.2 Å². The molecule has 22 heavy (non-hydrogen) atoms. The van der Waals surface area contributed by atoms with Crippen LogP contribution in [0.2, 0.25) is 0 Å². The van der Waals surface area contributed by atoms with Crippen molar-refractivity contribution in [1.29, 1.82) is 0 Å². The van der Waals surface area contributed by atoms with Gasteiger partial charge in [-0.15, -0.1) is 11.3 Å². The van der Waals surface area contributed by atoms with Crippen molar-refractivity contribution in [2.45, 2.75) is 71.1 Å². The molecule has 0 saturated carbocycles. The first-order valence-electron chi connectivity index (χ1n) is 8.22. The number of hydrogen-bond acceptors (Lipinski definition) is 4. The highest BCUT2D eigenvalue weighted by molar-refractivity contribution is 7.80. The Balaban J connectivity index is 1.94. The number of thiazole rings is 1. The number of thiocarbonyl (C=S) groups is 1. The molecule has 0 aromatic carbocycles. The van der Waals surface area contributed by atoms with E-state index in [9.17, 15) is 4.79 Å². The van der Waals surface area contributed by atoms with Crippen molar-refractivity contribution < 1.29 is 4.79 Å². The molecule has 0 unspecified atom stereocenters. The first kappa shape index (κ1) is 19.0. The number of nitrogens with one attached hydrogen (secondary N) is 2. The topological polar surface area (TPSA) is 54.0 Å². The van der Waals surface area contributed by atoms with Crippen molar-refractivity contribution in [2.75, 3.05) is 5.32 Å². The molecule has 1 rings (SSSR count). The molecular weight excluding hydrogens is 314 g/mol. The predicted molar refractivity (Wildman–Crippen MR) is 98.3 cm³/mol. The molecule has 0 atom stereocenters. The predicted octanol–water partition coefficient (Wildman–Crippen LogP) is 4.88. The molecule has 0 aliphatic rings. The zero-order valence-electron chi connectivity index (χ0n) is 13.4. The number of carbonyl (C=O) groups excluding carboxylic acids is 1. The first-order valence-corrected chi connectivity index (χ1v) is 9.51. The largest absolute Gasteiger partial charge is 0.308 e. The second kappa shape index (κ2) is 12.5. The fourth-order valence-electron chi connectivity index (χ4n) is 2.20. The summed E-state index contributed by atoms with van der Waals surface area (Å²) in [5, 5.41) is 8.47. The standard InChI is InChI=1S/C16H27N3OS2/c1-2-3-4-5-6-7-8-9-10-11-14(20)18-15(21)19-16-17-12-13-22-16/h12-13H,2-11H2,1H3,(H2,17,18,19,20,21). The van der Waals surface area contributed by atoms with Crippen LogP contribution in [0.3, 0.4) is 0 Å². The monoisotopic (exact) mass is 341 g/mol. The van der Waals surface area contributed by atoms with E-state index in [4.69, 9.17) is 12.2 Å². The molecule has 124 valence electrons. The highest BCUT2D eigenvalue weighted by Crippen LogP contribution is 2.11. The quantitative estimate of drug-likeness (QED) is 0.445. The average Bonchev–Trinajstić information content (AvgIpc) is 2.98. The minimum Gasteiger partial charge on any atom is -0.308 e. The Morgan fingerprint density at radius 1 is 1.14 bits per heavy atom. The minimum atomic E-state index is -0.0167. The fourth-order valence-corrected chi connectivity index (χ4v) is 3.01. The molecule has 0 aliphatic carbocycles. The summed E-state index contributed by atoms with van der Waals surface area (Å²) in [5.41, 5.74) is 0. The van der Waals surface area contributed by atoms with Crippen molar-refractivity contribution in [1.82, 2.24) is 10.3 Å². The second-order valence-corrected chi connectivity index (χ2v) is 6.72. The van der Waals surface area contributed by atoms with Crippen LogP contribution in [-0.2, 0) is 4.79 Å². The van der Waals surface area contributed by atoms with Crippen LogP contribution in [0.25, 0.3) is 0 Å². The van der Waals surface area contributed by atoms with Gasteiger partial charge in [-0.1, -0.05) is 58.3 Å². The molecular formula is C16H27N3OS2. The Kier molecular flexibility index (Phi) is 10.8. The Morgan fingerprint density at radius 3 is 2.36 bits per heavy atom. The maximum atomic E-state index is 11.7. The van der Waals surface area contributed by atoms with E-state index in [-0.39, 0.29) is 5.91 Å². The normalized spacial score (nSPS) is 10.4. The SMILES string of the molecule is CCCCCCCCCCCC(=O)NC(=S)Nc1nccs1. The Morgan fingerprint density at radius 2 is 1.77 bits per heavy atom. The summed E-state index contributed by atoms with van der Waals surface area (Å²) < 4.78 is 0. The van der Waals surface area contributed by atoms with E-state index in [2.05, 4.69) is 22.5 Å². The van der Waals surface area contributed by atoms with Crippen LogP contribution in [0.5, 0.6) is 0 Å². The number of amides is 1. The lowest BCUT2D eigenvalue weighted by Gasteiger charge is -2.07. The van der Waals surface area contributed by atoms with E-state index in [0.29, 0.717) is 16.7 Å². The smallest absolute Gasteiger partial charge is 0.226 e. The molecule has 0 bridgehead atoms. The maximum absolute atomic E-state index is 11.7. The summed E-state index contributed by atoms with van der Waals surface area (Å²) in [6, 6.07) is 0. The number of unbranched alkanes of at least 4 members (excludes halogenated alkanes) is 8. The lowest BCUT2D eigenvalue weighted by Crippen LogP contribution is -2.33. The number of hydrogen-bond donors (Lipinski definition) is 2. The van der Waals surface area contributed by atoms with Gasteiger partial charge >= 0.3 is 0 Å². The van der Waals surface area contributed by atoms with E-state index in [0.717, 1.165) is 12.8 Å². The molecule has 0 spiro atoms. The average molecular weight is 342 g/mol. The molecule has 0 radical (unpaired) electrons. The van der Waals surface area contributed by atoms with Gasteiger partial charge in [0.2, 0.25) is 5.91 Å². The lowest BCUT2D eigenvalue weighted by molar-refractivity contribution is -0.119. The summed E-state index contributed by atoms with van der Waals surface area (Å²) in [6.45, 7) is 2.24. The summed E-state index contributed by atoms with van der Waals surface area (Å²) in [5.74, 6) is -0.0167. The van der Waals surface area contributed by atoms with Crippen LogP contribution in [0.4, 0.5) is 5.13 Å². The molecule has 2 N–H and O–H groups in total. The maximum Gasteiger partial charge on any atom is 0.226 e. The van der Waals surface area contributed by atoms with E-state index in [1.807, 2.05) is 5.38 Å². The van der Waals surface area contributed by atoms with Crippen LogP contribution < -0.4 is 10.6 Å². The van der Waals surface area contributed by atoms with Gasteiger partial charge in [-0.3, -0.25) is 4.79 Å². The van der Waals surface area contributed by atoms with E-state index in [1.165, 1.54) is 56.3 Å². The molecule has 0 aliphatic heterocycles. The second-order valence-electron chi connectivity index (χ2n) is 5.42. The number of carbonyl (C=O) groups is 1. The third-order valence-corrected chi connectivity index (χ3v) is 4.31. The molecule has 0 fully saturated rings. The Hall–Kier alpha value is -1.01. The van der Waals surface area contributed by atoms with Gasteiger partial charge in [0.25, 0.3) is 0 Å². The highest BCUT2D eigenvalue weighted by atomic mass is 32.1. The van der Waals surface area contributed by atoms with Gasteiger partial charge in [-0.25, -0.2) is 4.98 Å².